The second-order valence-corrected chi connectivity index (χ2v) is 17.4. The summed E-state index contributed by atoms with van der Waals surface area (Å²) in [4.78, 5) is 15.8. The zero-order valence-corrected chi connectivity index (χ0v) is 35.2. The van der Waals surface area contributed by atoms with Crippen LogP contribution in [0.2, 0.25) is 0 Å². The number of benzene rings is 11. The third-order valence-corrected chi connectivity index (χ3v) is 14.1. The van der Waals surface area contributed by atoms with Crippen molar-refractivity contribution in [3.63, 3.8) is 0 Å². The van der Waals surface area contributed by atoms with Gasteiger partial charge in [-0.3, -0.25) is 0 Å². The van der Waals surface area contributed by atoms with Crippen molar-refractivity contribution in [2.75, 3.05) is 0 Å². The zero-order chi connectivity index (χ0) is 42.6. The summed E-state index contributed by atoms with van der Waals surface area (Å²) < 4.78 is 0. The molecule has 12 aromatic rings. The van der Waals surface area contributed by atoms with Crippen LogP contribution in [-0.4, -0.2) is 15.0 Å². The predicted octanol–water partition coefficient (Wildman–Crippen LogP) is 15.5. The molecule has 3 heteroatoms. The summed E-state index contributed by atoms with van der Waals surface area (Å²) in [6.45, 7) is 0. The number of nitrogens with zero attached hydrogens (tertiary/aromatic N) is 3. The van der Waals surface area contributed by atoms with Gasteiger partial charge in [0.2, 0.25) is 0 Å². The molecule has 14 rings (SSSR count). The van der Waals surface area contributed by atoms with Crippen molar-refractivity contribution in [2.24, 2.45) is 0 Å². The van der Waals surface area contributed by atoms with Gasteiger partial charge in [0.25, 0.3) is 0 Å². The van der Waals surface area contributed by atoms with Crippen molar-refractivity contribution in [3.8, 4) is 67.5 Å². The van der Waals surface area contributed by atoms with Crippen molar-refractivity contribution < 1.29 is 0 Å². The lowest BCUT2D eigenvalue weighted by Crippen LogP contribution is -2.25. The molecule has 0 saturated carbocycles. The summed E-state index contributed by atoms with van der Waals surface area (Å²) in [6, 6.07) is 81.5. The molecular weight excluding hydrogens is 787 g/mol. The molecule has 0 unspecified atom stereocenters. The molecule has 1 spiro atoms. The number of aromatic nitrogens is 3. The topological polar surface area (TPSA) is 38.7 Å². The molecule has 0 bridgehead atoms. The van der Waals surface area contributed by atoms with Gasteiger partial charge in [-0.2, -0.15) is 0 Å². The number of hydrogen-bond acceptors (Lipinski definition) is 3. The fourth-order valence-corrected chi connectivity index (χ4v) is 11.4. The molecule has 1 heterocycles. The minimum atomic E-state index is -0.413. The Hall–Kier alpha value is -8.53. The molecule has 0 aliphatic heterocycles. The second kappa shape index (κ2) is 13.7. The fourth-order valence-electron chi connectivity index (χ4n) is 11.4. The van der Waals surface area contributed by atoms with Gasteiger partial charge in [-0.05, 0) is 117 Å². The van der Waals surface area contributed by atoms with E-state index in [4.69, 9.17) is 15.0 Å². The van der Waals surface area contributed by atoms with Gasteiger partial charge in [-0.25, -0.2) is 15.0 Å². The van der Waals surface area contributed by atoms with Crippen molar-refractivity contribution in [2.45, 2.75) is 5.41 Å². The fraction of sp³-hybridized carbons (Fsp3) is 0.0161. The third-order valence-electron chi connectivity index (χ3n) is 14.1. The maximum absolute atomic E-state index is 5.34. The van der Waals surface area contributed by atoms with E-state index in [9.17, 15) is 0 Å². The molecule has 0 fully saturated rings. The highest BCUT2D eigenvalue weighted by Gasteiger charge is 2.51. The SMILES string of the molecule is c1ccc(-c2nc(-c3cccc(-c4cc5c6ccccc6c6ccccc6c5c5ccccc45)c3)nc(-c3ccc4c(c3)-c3ccccc3C43c4ccccc4-c4ccccc43)n2)cc1. The Morgan fingerprint density at radius 3 is 1.28 bits per heavy atom. The van der Waals surface area contributed by atoms with Crippen LogP contribution in [0, 0.1) is 0 Å². The molecule has 300 valence electrons. The van der Waals surface area contributed by atoms with Crippen LogP contribution >= 0.6 is 0 Å². The van der Waals surface area contributed by atoms with E-state index in [1.807, 2.05) is 18.2 Å². The standard InChI is InChI=1S/C62H37N3/c1-2-17-38(18-3-1)59-63-60(40-20-16-19-39(35-40)51-37-53-44-23-5-4-21-42(44)43-22-6-8-28-49(43)58(53)50-29-9-7-24-45(50)51)65-61(64-59)41-33-34-57-52(36-41)48-27-12-15-32-56(48)62(57)54-30-13-10-25-46(54)47-26-11-14-31-55(47)62/h1-37H. The lowest BCUT2D eigenvalue weighted by molar-refractivity contribution is 0.794. The Kier molecular flexibility index (Phi) is 7.61. The second-order valence-electron chi connectivity index (χ2n) is 17.4. The molecule has 2 aliphatic carbocycles. The first kappa shape index (κ1) is 36.0. The maximum atomic E-state index is 5.34. The first-order valence-corrected chi connectivity index (χ1v) is 22.4. The number of fused-ring (bicyclic) bond motifs is 18. The summed E-state index contributed by atoms with van der Waals surface area (Å²) in [5.41, 5.74) is 15.0. The molecule has 0 amide bonds. The molecule has 11 aromatic carbocycles. The maximum Gasteiger partial charge on any atom is 0.164 e. The van der Waals surface area contributed by atoms with E-state index in [2.05, 4.69) is 206 Å². The van der Waals surface area contributed by atoms with Gasteiger partial charge in [0, 0.05) is 16.7 Å². The lowest BCUT2D eigenvalue weighted by atomic mass is 9.70. The molecule has 0 saturated heterocycles. The first-order chi connectivity index (χ1) is 32.2. The Morgan fingerprint density at radius 1 is 0.231 bits per heavy atom. The minimum absolute atomic E-state index is 0.413. The summed E-state index contributed by atoms with van der Waals surface area (Å²) in [6.07, 6.45) is 0. The van der Waals surface area contributed by atoms with Gasteiger partial charge in [-0.15, -0.1) is 0 Å². The van der Waals surface area contributed by atoms with Gasteiger partial charge in [0.05, 0.1) is 5.41 Å². The van der Waals surface area contributed by atoms with E-state index in [1.165, 1.54) is 93.2 Å². The van der Waals surface area contributed by atoms with E-state index in [1.54, 1.807) is 0 Å². The summed E-state index contributed by atoms with van der Waals surface area (Å²) in [7, 11) is 0. The van der Waals surface area contributed by atoms with Crippen molar-refractivity contribution >= 4 is 43.1 Å². The van der Waals surface area contributed by atoms with Gasteiger partial charge < -0.3 is 0 Å². The summed E-state index contributed by atoms with van der Waals surface area (Å²) in [5, 5.41) is 10.0. The average molecular weight is 824 g/mol. The van der Waals surface area contributed by atoms with Crippen LogP contribution in [0.15, 0.2) is 224 Å². The van der Waals surface area contributed by atoms with Crippen molar-refractivity contribution in [3.05, 3.63) is 247 Å². The summed E-state index contributed by atoms with van der Waals surface area (Å²) >= 11 is 0. The van der Waals surface area contributed by atoms with Crippen LogP contribution in [0.1, 0.15) is 22.3 Å². The van der Waals surface area contributed by atoms with Crippen LogP contribution in [0.25, 0.3) is 111 Å². The van der Waals surface area contributed by atoms with Gasteiger partial charge in [0.15, 0.2) is 17.5 Å². The Morgan fingerprint density at radius 2 is 0.646 bits per heavy atom. The molecular formula is C62H37N3. The molecule has 0 radical (unpaired) electrons. The Balaban J connectivity index is 0.963. The van der Waals surface area contributed by atoms with E-state index in [0.29, 0.717) is 17.5 Å². The molecule has 0 N–H and O–H groups in total. The van der Waals surface area contributed by atoms with Crippen molar-refractivity contribution in [1.29, 1.82) is 0 Å². The quantitative estimate of drug-likeness (QED) is 0.166. The van der Waals surface area contributed by atoms with Crippen LogP contribution in [0.3, 0.4) is 0 Å². The van der Waals surface area contributed by atoms with E-state index < -0.39 is 5.41 Å². The summed E-state index contributed by atoms with van der Waals surface area (Å²) in [5.74, 6) is 1.91. The van der Waals surface area contributed by atoms with Crippen LogP contribution in [0.5, 0.6) is 0 Å². The molecule has 1 aromatic heterocycles. The number of hydrogen-bond donors (Lipinski definition) is 0. The van der Waals surface area contributed by atoms with Crippen LogP contribution < -0.4 is 0 Å². The minimum Gasteiger partial charge on any atom is -0.208 e. The zero-order valence-electron chi connectivity index (χ0n) is 35.2. The van der Waals surface area contributed by atoms with E-state index >= 15 is 0 Å². The first-order valence-electron chi connectivity index (χ1n) is 22.4. The molecule has 0 atom stereocenters. The highest BCUT2D eigenvalue weighted by molar-refractivity contribution is 6.33. The van der Waals surface area contributed by atoms with E-state index in [0.717, 1.165) is 22.3 Å². The van der Waals surface area contributed by atoms with Gasteiger partial charge >= 0.3 is 0 Å². The normalized spacial score (nSPS) is 13.0. The lowest BCUT2D eigenvalue weighted by Gasteiger charge is -2.30. The highest BCUT2D eigenvalue weighted by atomic mass is 15.0. The van der Waals surface area contributed by atoms with Gasteiger partial charge in [-0.1, -0.05) is 206 Å². The monoisotopic (exact) mass is 823 g/mol. The molecule has 2 aliphatic rings. The molecule has 65 heavy (non-hydrogen) atoms. The Labute approximate surface area is 376 Å². The third kappa shape index (κ3) is 5.09. The largest absolute Gasteiger partial charge is 0.208 e. The van der Waals surface area contributed by atoms with Crippen LogP contribution in [0.4, 0.5) is 0 Å². The van der Waals surface area contributed by atoms with Crippen LogP contribution in [-0.2, 0) is 5.41 Å². The van der Waals surface area contributed by atoms with Gasteiger partial charge in [0.1, 0.15) is 0 Å². The Bertz CT molecular complexity index is 3920. The van der Waals surface area contributed by atoms with E-state index in [-0.39, 0.29) is 0 Å². The number of rotatable bonds is 4. The predicted molar refractivity (Wildman–Crippen MR) is 268 cm³/mol. The highest BCUT2D eigenvalue weighted by Crippen LogP contribution is 2.63. The average Bonchev–Trinajstić information content (AvgIpc) is 3.85. The molecule has 3 nitrogen and oxygen atoms in total. The van der Waals surface area contributed by atoms with Crippen molar-refractivity contribution in [1.82, 2.24) is 15.0 Å². The smallest absolute Gasteiger partial charge is 0.164 e.